The summed E-state index contributed by atoms with van der Waals surface area (Å²) in [5, 5.41) is 0. The number of aryl methyl sites for hydroxylation is 1. The van der Waals surface area contributed by atoms with E-state index >= 15 is 0 Å². The average Bonchev–Trinajstić information content (AvgIpc) is 2.47. The highest BCUT2D eigenvalue weighted by Crippen LogP contribution is 2.26. The second-order valence-electron chi connectivity index (χ2n) is 4.63. The number of nitrogens with zero attached hydrogens (tertiary/aromatic N) is 1. The molecular weight excluding hydrogens is 258 g/mol. The summed E-state index contributed by atoms with van der Waals surface area (Å²) in [5.41, 5.74) is 1.50. The van der Waals surface area contributed by atoms with Crippen LogP contribution >= 0.6 is 0 Å². The summed E-state index contributed by atoms with van der Waals surface area (Å²) in [5.74, 6) is -1.10. The van der Waals surface area contributed by atoms with E-state index in [4.69, 9.17) is 9.47 Å². The SMILES string of the molecule is CCOC(OCC)C(=O)C1CCc2cnccc2C1=O. The van der Waals surface area contributed by atoms with Crippen molar-refractivity contribution in [3.63, 3.8) is 0 Å². The predicted octanol–water partition coefficient (Wildman–Crippen LogP) is 1.79. The van der Waals surface area contributed by atoms with Gasteiger partial charge in [0.1, 0.15) is 0 Å². The molecule has 0 spiro atoms. The molecule has 1 heterocycles. The molecule has 2 rings (SSSR count). The third kappa shape index (κ3) is 2.94. The van der Waals surface area contributed by atoms with Crippen LogP contribution in [0.2, 0.25) is 0 Å². The number of Topliss-reactive ketones (excluding diaryl/α,β-unsaturated/α-hetero) is 2. The van der Waals surface area contributed by atoms with Crippen LogP contribution in [0.3, 0.4) is 0 Å². The van der Waals surface area contributed by atoms with Crippen LogP contribution in [0.15, 0.2) is 18.5 Å². The van der Waals surface area contributed by atoms with E-state index in [1.165, 1.54) is 0 Å². The number of carbonyl (C=O) groups is 2. The molecule has 0 aliphatic heterocycles. The molecule has 0 saturated heterocycles. The zero-order valence-electron chi connectivity index (χ0n) is 11.8. The molecule has 1 aliphatic carbocycles. The van der Waals surface area contributed by atoms with Crippen molar-refractivity contribution in [2.75, 3.05) is 13.2 Å². The van der Waals surface area contributed by atoms with Gasteiger partial charge in [0, 0.05) is 31.2 Å². The maximum absolute atomic E-state index is 12.4. The van der Waals surface area contributed by atoms with Crippen molar-refractivity contribution in [2.24, 2.45) is 5.92 Å². The number of carbonyl (C=O) groups excluding carboxylic acids is 2. The van der Waals surface area contributed by atoms with E-state index in [-0.39, 0.29) is 11.6 Å². The minimum Gasteiger partial charge on any atom is -0.346 e. The molecule has 0 fully saturated rings. The van der Waals surface area contributed by atoms with Gasteiger partial charge in [-0.25, -0.2) is 0 Å². The first kappa shape index (κ1) is 14.8. The minimum atomic E-state index is -0.942. The fourth-order valence-electron chi connectivity index (χ4n) is 2.44. The van der Waals surface area contributed by atoms with Crippen molar-refractivity contribution < 1.29 is 19.1 Å². The Morgan fingerprint density at radius 1 is 1.40 bits per heavy atom. The molecule has 1 aliphatic rings. The van der Waals surface area contributed by atoms with Crippen molar-refractivity contribution >= 4 is 11.6 Å². The number of hydrogen-bond donors (Lipinski definition) is 0. The molecule has 1 atom stereocenters. The molecule has 1 aromatic heterocycles. The van der Waals surface area contributed by atoms with Gasteiger partial charge < -0.3 is 9.47 Å². The Morgan fingerprint density at radius 2 is 2.10 bits per heavy atom. The van der Waals surface area contributed by atoms with E-state index < -0.39 is 12.2 Å². The summed E-state index contributed by atoms with van der Waals surface area (Å²) in [6.45, 7) is 4.33. The van der Waals surface area contributed by atoms with E-state index in [1.54, 1.807) is 32.3 Å². The number of ether oxygens (including phenoxy) is 2. The Kier molecular flexibility index (Phi) is 4.98. The van der Waals surface area contributed by atoms with Crippen LogP contribution in [0.4, 0.5) is 0 Å². The van der Waals surface area contributed by atoms with Crippen LogP contribution in [0.25, 0.3) is 0 Å². The van der Waals surface area contributed by atoms with Crippen LogP contribution < -0.4 is 0 Å². The van der Waals surface area contributed by atoms with E-state index in [0.717, 1.165) is 5.56 Å². The third-order valence-electron chi connectivity index (χ3n) is 3.40. The zero-order valence-corrected chi connectivity index (χ0v) is 11.8. The summed E-state index contributed by atoms with van der Waals surface area (Å²) in [7, 11) is 0. The van der Waals surface area contributed by atoms with E-state index in [2.05, 4.69) is 4.98 Å². The Morgan fingerprint density at radius 3 is 2.75 bits per heavy atom. The molecule has 1 aromatic rings. The van der Waals surface area contributed by atoms with Gasteiger partial charge in [-0.15, -0.1) is 0 Å². The lowest BCUT2D eigenvalue weighted by atomic mass is 9.81. The highest BCUT2D eigenvalue weighted by molar-refractivity contribution is 6.12. The van der Waals surface area contributed by atoms with Gasteiger partial charge in [0.15, 0.2) is 11.6 Å². The molecule has 0 amide bonds. The molecule has 0 aromatic carbocycles. The molecule has 0 bridgehead atoms. The number of hydrogen-bond acceptors (Lipinski definition) is 5. The van der Waals surface area contributed by atoms with Gasteiger partial charge in [-0.1, -0.05) is 0 Å². The molecular formula is C15H19NO4. The Labute approximate surface area is 118 Å². The first-order chi connectivity index (χ1) is 9.69. The molecule has 0 radical (unpaired) electrons. The van der Waals surface area contributed by atoms with Crippen LogP contribution in [0.1, 0.15) is 36.2 Å². The number of aromatic nitrogens is 1. The number of ketones is 2. The minimum absolute atomic E-state index is 0.150. The van der Waals surface area contributed by atoms with Gasteiger partial charge in [-0.2, -0.15) is 0 Å². The Balaban J connectivity index is 2.17. The molecule has 1 unspecified atom stereocenters. The third-order valence-corrected chi connectivity index (χ3v) is 3.40. The summed E-state index contributed by atoms with van der Waals surface area (Å²) in [4.78, 5) is 28.8. The van der Waals surface area contributed by atoms with Gasteiger partial charge in [0.25, 0.3) is 0 Å². The van der Waals surface area contributed by atoms with Crippen molar-refractivity contribution in [3.8, 4) is 0 Å². The maximum Gasteiger partial charge on any atom is 0.218 e. The topological polar surface area (TPSA) is 65.5 Å². The van der Waals surface area contributed by atoms with Crippen LogP contribution in [-0.2, 0) is 20.7 Å². The largest absolute Gasteiger partial charge is 0.346 e. The second-order valence-corrected chi connectivity index (χ2v) is 4.63. The van der Waals surface area contributed by atoms with Crippen molar-refractivity contribution in [1.29, 1.82) is 0 Å². The normalized spacial score (nSPS) is 18.1. The van der Waals surface area contributed by atoms with E-state index in [0.29, 0.717) is 31.6 Å². The molecule has 20 heavy (non-hydrogen) atoms. The summed E-state index contributed by atoms with van der Waals surface area (Å²) in [6, 6.07) is 1.67. The fraction of sp³-hybridized carbons (Fsp3) is 0.533. The highest BCUT2D eigenvalue weighted by atomic mass is 16.7. The lowest BCUT2D eigenvalue weighted by Crippen LogP contribution is -2.39. The van der Waals surface area contributed by atoms with Gasteiger partial charge in [-0.05, 0) is 38.3 Å². The molecule has 5 heteroatoms. The van der Waals surface area contributed by atoms with Crippen molar-refractivity contribution in [2.45, 2.75) is 33.0 Å². The number of rotatable bonds is 6. The molecule has 0 saturated carbocycles. The van der Waals surface area contributed by atoms with Crippen LogP contribution in [0.5, 0.6) is 0 Å². The van der Waals surface area contributed by atoms with E-state index in [9.17, 15) is 9.59 Å². The van der Waals surface area contributed by atoms with Crippen LogP contribution in [-0.4, -0.2) is 36.1 Å². The summed E-state index contributed by atoms with van der Waals surface area (Å²) >= 11 is 0. The number of fused-ring (bicyclic) bond motifs is 1. The highest BCUT2D eigenvalue weighted by Gasteiger charge is 2.37. The summed E-state index contributed by atoms with van der Waals surface area (Å²) < 4.78 is 10.6. The standard InChI is InChI=1S/C15H19NO4/c1-3-19-15(20-4-2)14(18)12-6-5-10-9-16-8-7-11(10)13(12)17/h7-9,12,15H,3-6H2,1-2H3. The first-order valence-corrected chi connectivity index (χ1v) is 6.93. The smallest absolute Gasteiger partial charge is 0.218 e. The van der Waals surface area contributed by atoms with Crippen molar-refractivity contribution in [1.82, 2.24) is 4.98 Å². The molecule has 0 N–H and O–H groups in total. The molecule has 108 valence electrons. The van der Waals surface area contributed by atoms with Gasteiger partial charge in [0.05, 0.1) is 5.92 Å². The van der Waals surface area contributed by atoms with Gasteiger partial charge >= 0.3 is 0 Å². The predicted molar refractivity (Wildman–Crippen MR) is 72.4 cm³/mol. The second kappa shape index (κ2) is 6.72. The average molecular weight is 277 g/mol. The monoisotopic (exact) mass is 277 g/mol. The fourth-order valence-corrected chi connectivity index (χ4v) is 2.44. The van der Waals surface area contributed by atoms with Gasteiger partial charge in [-0.3, -0.25) is 14.6 Å². The Bertz CT molecular complexity index is 494. The number of pyridine rings is 1. The quantitative estimate of drug-likeness (QED) is 0.586. The zero-order chi connectivity index (χ0) is 14.5. The van der Waals surface area contributed by atoms with E-state index in [1.807, 2.05) is 0 Å². The molecule has 5 nitrogen and oxygen atoms in total. The Hall–Kier alpha value is -1.59. The van der Waals surface area contributed by atoms with Crippen LogP contribution in [0, 0.1) is 5.92 Å². The van der Waals surface area contributed by atoms with Gasteiger partial charge in [0.2, 0.25) is 6.29 Å². The lowest BCUT2D eigenvalue weighted by molar-refractivity contribution is -0.170. The lowest BCUT2D eigenvalue weighted by Gasteiger charge is -2.25. The van der Waals surface area contributed by atoms with Crippen molar-refractivity contribution in [3.05, 3.63) is 29.6 Å². The maximum atomic E-state index is 12.4. The summed E-state index contributed by atoms with van der Waals surface area (Å²) in [6.07, 6.45) is 3.49. The first-order valence-electron chi connectivity index (χ1n) is 6.93.